The molecule has 4 nitrogen and oxygen atoms in total. The molecule has 0 saturated heterocycles. The van der Waals surface area contributed by atoms with Crippen LogP contribution in [0.1, 0.15) is 51.7 Å². The van der Waals surface area contributed by atoms with Gasteiger partial charge in [0.1, 0.15) is 0 Å². The summed E-state index contributed by atoms with van der Waals surface area (Å²) in [4.78, 5) is 15.4. The van der Waals surface area contributed by atoms with Gasteiger partial charge in [0.2, 0.25) is 0 Å². The molecular formula is C51H42N4. The van der Waals surface area contributed by atoms with E-state index in [0.717, 1.165) is 38.9 Å². The van der Waals surface area contributed by atoms with Gasteiger partial charge >= 0.3 is 0 Å². The summed E-state index contributed by atoms with van der Waals surface area (Å²) in [5.74, 6) is 1.95. The van der Waals surface area contributed by atoms with Crippen molar-refractivity contribution in [3.05, 3.63) is 169 Å². The highest BCUT2D eigenvalue weighted by Gasteiger charge is 2.38. The van der Waals surface area contributed by atoms with E-state index in [-0.39, 0.29) is 10.8 Å². The minimum atomic E-state index is 0.113. The Morgan fingerprint density at radius 2 is 1.00 bits per heavy atom. The third kappa shape index (κ3) is 5.63. The van der Waals surface area contributed by atoms with Crippen molar-refractivity contribution in [3.8, 4) is 51.0 Å². The molecule has 0 unspecified atom stereocenters. The van der Waals surface area contributed by atoms with Gasteiger partial charge in [0.25, 0.3) is 0 Å². The van der Waals surface area contributed by atoms with Crippen molar-refractivity contribution in [1.29, 1.82) is 0 Å². The van der Waals surface area contributed by atoms with Crippen LogP contribution in [0.25, 0.3) is 83.6 Å². The lowest BCUT2D eigenvalue weighted by molar-refractivity contribution is 0.332. The predicted octanol–water partition coefficient (Wildman–Crippen LogP) is 13.1. The van der Waals surface area contributed by atoms with Crippen LogP contribution < -0.4 is 0 Å². The fourth-order valence-corrected chi connectivity index (χ4v) is 8.71. The number of nitrogens with zero attached hydrogens (tertiary/aromatic N) is 4. The first kappa shape index (κ1) is 33.2. The summed E-state index contributed by atoms with van der Waals surface area (Å²) in [5, 5.41) is 4.90. The maximum atomic E-state index is 5.19. The van der Waals surface area contributed by atoms with E-state index in [0.29, 0.717) is 17.5 Å². The van der Waals surface area contributed by atoms with Gasteiger partial charge in [0, 0.05) is 33.2 Å². The summed E-state index contributed by atoms with van der Waals surface area (Å²) in [5.41, 5.74) is 11.9. The minimum absolute atomic E-state index is 0.113. The average molecular weight is 711 g/mol. The molecule has 266 valence electrons. The molecule has 0 spiro atoms. The summed E-state index contributed by atoms with van der Waals surface area (Å²) in [6.45, 7) is 9.64. The predicted molar refractivity (Wildman–Crippen MR) is 229 cm³/mol. The molecule has 1 aliphatic rings. The van der Waals surface area contributed by atoms with E-state index in [1.807, 2.05) is 24.3 Å². The summed E-state index contributed by atoms with van der Waals surface area (Å²) in [7, 11) is 0. The van der Waals surface area contributed by atoms with Gasteiger partial charge in [0.15, 0.2) is 17.5 Å². The van der Waals surface area contributed by atoms with Gasteiger partial charge in [-0.15, -0.1) is 0 Å². The minimum Gasteiger partial charge on any atom is -0.309 e. The first-order valence-electron chi connectivity index (χ1n) is 19.3. The molecule has 0 bridgehead atoms. The van der Waals surface area contributed by atoms with E-state index in [2.05, 4.69) is 166 Å². The third-order valence-electron chi connectivity index (χ3n) is 11.9. The highest BCUT2D eigenvalue weighted by atomic mass is 15.0. The summed E-state index contributed by atoms with van der Waals surface area (Å²) >= 11 is 0. The Morgan fingerprint density at radius 1 is 0.418 bits per heavy atom. The van der Waals surface area contributed by atoms with Crippen LogP contribution in [0.5, 0.6) is 0 Å². The van der Waals surface area contributed by atoms with Crippen LogP contribution in [0.15, 0.2) is 158 Å². The number of benzene rings is 7. The first-order chi connectivity index (χ1) is 26.7. The standard InChI is InChI=1S/C51H42N4/c1-50(2)27-28-51(3,4)44-32-46-42(31-43(44)50)40-20-13-14-22-45(40)55(46)38-26-25-33-23-24-36(29-37(33)30-38)48-52-47(35-17-9-6-10-18-35)53-49(54-48)41-21-12-11-19-39(41)34-15-7-5-8-16-34/h5-26,29-32H,27-28H2,1-4H3. The third-order valence-corrected chi connectivity index (χ3v) is 11.9. The van der Waals surface area contributed by atoms with E-state index in [1.165, 1.54) is 51.2 Å². The van der Waals surface area contributed by atoms with E-state index in [4.69, 9.17) is 15.0 Å². The van der Waals surface area contributed by atoms with Gasteiger partial charge in [-0.25, -0.2) is 15.0 Å². The molecule has 0 atom stereocenters. The molecule has 55 heavy (non-hydrogen) atoms. The Balaban J connectivity index is 1.15. The second kappa shape index (κ2) is 12.6. The Bertz CT molecular complexity index is 2920. The molecule has 0 N–H and O–H groups in total. The van der Waals surface area contributed by atoms with Gasteiger partial charge < -0.3 is 4.57 Å². The van der Waals surface area contributed by atoms with Gasteiger partial charge in [0.05, 0.1) is 11.0 Å². The monoisotopic (exact) mass is 710 g/mol. The van der Waals surface area contributed by atoms with Crippen molar-refractivity contribution in [2.75, 3.05) is 0 Å². The smallest absolute Gasteiger partial charge is 0.164 e. The molecule has 2 heterocycles. The number of hydrogen-bond donors (Lipinski definition) is 0. The van der Waals surface area contributed by atoms with Crippen molar-refractivity contribution in [3.63, 3.8) is 0 Å². The number of hydrogen-bond acceptors (Lipinski definition) is 3. The van der Waals surface area contributed by atoms with E-state index < -0.39 is 0 Å². The van der Waals surface area contributed by atoms with Crippen LogP contribution in [-0.4, -0.2) is 19.5 Å². The topological polar surface area (TPSA) is 43.6 Å². The highest BCUT2D eigenvalue weighted by molar-refractivity contribution is 6.10. The van der Waals surface area contributed by atoms with Gasteiger partial charge in [-0.1, -0.05) is 149 Å². The number of rotatable bonds is 5. The quantitative estimate of drug-likeness (QED) is 0.179. The van der Waals surface area contributed by atoms with Crippen molar-refractivity contribution >= 4 is 32.6 Å². The zero-order chi connectivity index (χ0) is 37.3. The second-order valence-electron chi connectivity index (χ2n) is 16.4. The molecule has 0 radical (unpaired) electrons. The number of aromatic nitrogens is 4. The molecule has 0 amide bonds. The molecule has 0 fully saturated rings. The maximum Gasteiger partial charge on any atom is 0.164 e. The molecule has 10 rings (SSSR count). The largest absolute Gasteiger partial charge is 0.309 e. The van der Waals surface area contributed by atoms with Crippen molar-refractivity contribution < 1.29 is 0 Å². The fraction of sp³-hybridized carbons (Fsp3) is 0.157. The molecule has 0 aliphatic heterocycles. The lowest BCUT2D eigenvalue weighted by atomic mass is 9.63. The lowest BCUT2D eigenvalue weighted by Crippen LogP contribution is -2.33. The Kier molecular flexibility index (Phi) is 7.60. The van der Waals surface area contributed by atoms with Gasteiger partial charge in [-0.3, -0.25) is 0 Å². The lowest BCUT2D eigenvalue weighted by Gasteiger charge is -2.42. The van der Waals surface area contributed by atoms with Crippen molar-refractivity contribution in [2.24, 2.45) is 0 Å². The Morgan fingerprint density at radius 3 is 1.75 bits per heavy atom. The molecule has 7 aromatic carbocycles. The summed E-state index contributed by atoms with van der Waals surface area (Å²) in [6, 6.07) is 56.2. The first-order valence-corrected chi connectivity index (χ1v) is 19.3. The van der Waals surface area contributed by atoms with Crippen LogP contribution >= 0.6 is 0 Å². The molecule has 1 aliphatic carbocycles. The molecule has 9 aromatic rings. The van der Waals surface area contributed by atoms with E-state index >= 15 is 0 Å². The van der Waals surface area contributed by atoms with Gasteiger partial charge in [-0.2, -0.15) is 0 Å². The summed E-state index contributed by atoms with van der Waals surface area (Å²) in [6.07, 6.45) is 2.37. The zero-order valence-electron chi connectivity index (χ0n) is 31.7. The van der Waals surface area contributed by atoms with Crippen LogP contribution in [-0.2, 0) is 10.8 Å². The molecule has 0 saturated carbocycles. The molecular weight excluding hydrogens is 669 g/mol. The Hall–Kier alpha value is -6.39. The normalized spacial score (nSPS) is 14.7. The fourth-order valence-electron chi connectivity index (χ4n) is 8.71. The second-order valence-corrected chi connectivity index (χ2v) is 16.4. The van der Waals surface area contributed by atoms with Crippen LogP contribution in [0.4, 0.5) is 0 Å². The van der Waals surface area contributed by atoms with Crippen LogP contribution in [0.2, 0.25) is 0 Å². The molecule has 2 aromatic heterocycles. The zero-order valence-corrected chi connectivity index (χ0v) is 31.7. The van der Waals surface area contributed by atoms with Crippen LogP contribution in [0.3, 0.4) is 0 Å². The van der Waals surface area contributed by atoms with Crippen molar-refractivity contribution in [2.45, 2.75) is 51.4 Å². The van der Waals surface area contributed by atoms with Gasteiger partial charge in [-0.05, 0) is 93.1 Å². The Labute approximate surface area is 322 Å². The maximum absolute atomic E-state index is 5.19. The number of fused-ring (bicyclic) bond motifs is 5. The van der Waals surface area contributed by atoms with Crippen molar-refractivity contribution in [1.82, 2.24) is 19.5 Å². The SMILES string of the molecule is CC1(C)CCC(C)(C)c2cc3c(cc21)c1ccccc1n3-c1ccc2ccc(-c3nc(-c4ccccc4)nc(-c4ccccc4-c4ccccc4)n3)cc2c1. The number of para-hydroxylation sites is 1. The van der Waals surface area contributed by atoms with E-state index in [9.17, 15) is 0 Å². The van der Waals surface area contributed by atoms with Crippen LogP contribution in [0, 0.1) is 0 Å². The highest BCUT2D eigenvalue weighted by Crippen LogP contribution is 2.48. The van der Waals surface area contributed by atoms with E-state index in [1.54, 1.807) is 0 Å². The average Bonchev–Trinajstić information content (AvgIpc) is 3.56. The summed E-state index contributed by atoms with van der Waals surface area (Å²) < 4.78 is 2.46. The molecule has 4 heteroatoms.